The fraction of sp³-hybridized carbons (Fsp3) is 0.360. The van der Waals surface area contributed by atoms with E-state index in [4.69, 9.17) is 25.7 Å². The van der Waals surface area contributed by atoms with Gasteiger partial charge in [0.25, 0.3) is 5.91 Å². The monoisotopic (exact) mass is 485 g/mol. The highest BCUT2D eigenvalue weighted by molar-refractivity contribution is 7.22. The van der Waals surface area contributed by atoms with Crippen molar-refractivity contribution in [1.82, 2.24) is 9.88 Å². The molecule has 0 saturated heterocycles. The number of benzene rings is 2. The van der Waals surface area contributed by atoms with E-state index in [2.05, 4.69) is 18.7 Å². The van der Waals surface area contributed by atoms with Crippen LogP contribution in [0.3, 0.4) is 0 Å². The quantitative estimate of drug-likeness (QED) is 0.275. The van der Waals surface area contributed by atoms with Gasteiger partial charge in [0.2, 0.25) is 0 Å². The predicted octanol–water partition coefficient (Wildman–Crippen LogP) is 6.39. The Morgan fingerprint density at radius 3 is 2.67 bits per heavy atom. The third-order valence-electron chi connectivity index (χ3n) is 5.77. The second-order valence-electron chi connectivity index (χ2n) is 7.72. The minimum atomic E-state index is -0.219. The van der Waals surface area contributed by atoms with Crippen molar-refractivity contribution >= 4 is 55.2 Å². The van der Waals surface area contributed by atoms with Crippen molar-refractivity contribution in [1.29, 1.82) is 0 Å². The van der Waals surface area contributed by atoms with Gasteiger partial charge in [-0.15, -0.1) is 0 Å². The third-order valence-corrected chi connectivity index (χ3v) is 7.22. The summed E-state index contributed by atoms with van der Waals surface area (Å²) in [7, 11) is 0. The van der Waals surface area contributed by atoms with Crippen LogP contribution < -0.4 is 9.64 Å². The maximum atomic E-state index is 13.7. The van der Waals surface area contributed by atoms with Crippen LogP contribution in [0.2, 0.25) is 5.02 Å². The fourth-order valence-corrected chi connectivity index (χ4v) is 5.02. The van der Waals surface area contributed by atoms with E-state index in [0.29, 0.717) is 34.6 Å². The number of carbonyl (C=O) groups is 1. The molecule has 6 nitrogen and oxygen atoms in total. The Balaban J connectivity index is 1.74. The molecule has 2 heterocycles. The first-order valence-electron chi connectivity index (χ1n) is 11.2. The average Bonchev–Trinajstić information content (AvgIpc) is 3.45. The fourth-order valence-electron chi connectivity index (χ4n) is 3.81. The molecular formula is C25H28ClN3O3S. The first-order valence-corrected chi connectivity index (χ1v) is 12.4. The van der Waals surface area contributed by atoms with Crippen molar-refractivity contribution in [3.05, 3.63) is 52.7 Å². The van der Waals surface area contributed by atoms with E-state index in [1.165, 1.54) is 11.3 Å². The molecule has 0 atom stereocenters. The number of hydrogen-bond donors (Lipinski definition) is 0. The Bertz CT molecular complexity index is 1280. The van der Waals surface area contributed by atoms with Crippen LogP contribution in [0.4, 0.5) is 5.13 Å². The lowest BCUT2D eigenvalue weighted by Gasteiger charge is -2.24. The van der Waals surface area contributed by atoms with Crippen molar-refractivity contribution in [3.63, 3.8) is 0 Å². The van der Waals surface area contributed by atoms with Gasteiger partial charge >= 0.3 is 0 Å². The van der Waals surface area contributed by atoms with Crippen LogP contribution in [0.1, 0.15) is 36.9 Å². The van der Waals surface area contributed by atoms with Gasteiger partial charge in [0.15, 0.2) is 22.2 Å². The molecule has 0 fully saturated rings. The van der Waals surface area contributed by atoms with Gasteiger partial charge in [0, 0.05) is 23.5 Å². The van der Waals surface area contributed by atoms with Gasteiger partial charge in [-0.2, -0.15) is 0 Å². The van der Waals surface area contributed by atoms with Gasteiger partial charge in [0.1, 0.15) is 0 Å². The van der Waals surface area contributed by atoms with Gasteiger partial charge < -0.3 is 14.1 Å². The Labute approximate surface area is 202 Å². The Morgan fingerprint density at radius 2 is 1.94 bits per heavy atom. The van der Waals surface area contributed by atoms with E-state index in [0.717, 1.165) is 40.8 Å². The lowest BCUT2D eigenvalue weighted by atomic mass is 10.2. The molecule has 0 unspecified atom stereocenters. The van der Waals surface area contributed by atoms with Crippen LogP contribution in [0.5, 0.6) is 5.75 Å². The standard InChI is InChI=1S/C25H28ClN3O3S/c1-5-28(6-2)13-14-29(25-27-22-16(4)18(26)11-12-21(22)33-25)24(30)20-15-17-9-8-10-19(31-7-3)23(17)32-20/h8-12,15H,5-7,13-14H2,1-4H3. The molecule has 4 aromatic rings. The largest absolute Gasteiger partial charge is 0.490 e. The number of carbonyl (C=O) groups excluding carboxylic acids is 1. The molecule has 0 bridgehead atoms. The number of nitrogens with zero attached hydrogens (tertiary/aromatic N) is 3. The number of fused-ring (bicyclic) bond motifs is 2. The number of likely N-dealkylation sites (N-methyl/N-ethyl adjacent to an activating group) is 1. The second-order valence-corrected chi connectivity index (χ2v) is 9.13. The highest BCUT2D eigenvalue weighted by atomic mass is 35.5. The Hall–Kier alpha value is -2.61. The SMILES string of the molecule is CCOc1cccc2cc(C(=O)N(CCN(CC)CC)c3nc4c(C)c(Cl)ccc4s3)oc12. The molecule has 1 amide bonds. The zero-order chi connectivity index (χ0) is 23.5. The van der Waals surface area contributed by atoms with Crippen LogP contribution in [0.25, 0.3) is 21.2 Å². The summed E-state index contributed by atoms with van der Waals surface area (Å²) >= 11 is 7.80. The molecule has 0 radical (unpaired) electrons. The van der Waals surface area contributed by atoms with E-state index >= 15 is 0 Å². The number of aryl methyl sites for hydroxylation is 1. The van der Waals surface area contributed by atoms with Gasteiger partial charge in [-0.25, -0.2) is 4.98 Å². The first kappa shape index (κ1) is 23.5. The number of ether oxygens (including phenoxy) is 1. The number of hydrogen-bond acceptors (Lipinski definition) is 6. The van der Waals surface area contributed by atoms with Crippen LogP contribution >= 0.6 is 22.9 Å². The highest BCUT2D eigenvalue weighted by Gasteiger charge is 2.26. The number of amides is 1. The van der Waals surface area contributed by atoms with Crippen LogP contribution in [0, 0.1) is 6.92 Å². The molecule has 4 rings (SSSR count). The van der Waals surface area contributed by atoms with E-state index in [9.17, 15) is 4.79 Å². The molecule has 0 aliphatic heterocycles. The van der Waals surface area contributed by atoms with Gasteiger partial charge in [-0.3, -0.25) is 9.69 Å². The summed E-state index contributed by atoms with van der Waals surface area (Å²) in [6.45, 7) is 11.7. The maximum Gasteiger partial charge on any atom is 0.295 e. The topological polar surface area (TPSA) is 58.8 Å². The number of halogens is 1. The van der Waals surface area contributed by atoms with Crippen molar-refractivity contribution in [2.24, 2.45) is 0 Å². The average molecular weight is 486 g/mol. The number of anilines is 1. The molecule has 0 aliphatic carbocycles. The van der Waals surface area contributed by atoms with Crippen molar-refractivity contribution in [2.75, 3.05) is 37.7 Å². The molecule has 8 heteroatoms. The molecule has 0 aliphatic rings. The minimum absolute atomic E-state index is 0.219. The number of para-hydroxylation sites is 1. The smallest absolute Gasteiger partial charge is 0.295 e. The number of aromatic nitrogens is 1. The van der Waals surface area contributed by atoms with Gasteiger partial charge in [-0.05, 0) is 56.8 Å². The summed E-state index contributed by atoms with van der Waals surface area (Å²) < 4.78 is 12.7. The number of furan rings is 1. The zero-order valence-electron chi connectivity index (χ0n) is 19.4. The third kappa shape index (κ3) is 4.71. The molecule has 0 saturated carbocycles. The van der Waals surface area contributed by atoms with E-state index in [-0.39, 0.29) is 11.7 Å². The Kier molecular flexibility index (Phi) is 7.22. The summed E-state index contributed by atoms with van der Waals surface area (Å²) in [4.78, 5) is 22.5. The van der Waals surface area contributed by atoms with Crippen LogP contribution in [-0.4, -0.2) is 48.6 Å². The van der Waals surface area contributed by atoms with Crippen LogP contribution in [0.15, 0.2) is 40.8 Å². The zero-order valence-corrected chi connectivity index (χ0v) is 20.9. The predicted molar refractivity (Wildman–Crippen MR) is 136 cm³/mol. The summed E-state index contributed by atoms with van der Waals surface area (Å²) in [5.41, 5.74) is 2.32. The maximum absolute atomic E-state index is 13.7. The van der Waals surface area contributed by atoms with Crippen molar-refractivity contribution in [2.45, 2.75) is 27.7 Å². The molecule has 0 spiro atoms. The summed E-state index contributed by atoms with van der Waals surface area (Å²) in [5, 5.41) is 2.14. The molecule has 2 aromatic carbocycles. The minimum Gasteiger partial charge on any atom is -0.490 e. The van der Waals surface area contributed by atoms with Gasteiger partial charge in [-0.1, -0.05) is 48.9 Å². The lowest BCUT2D eigenvalue weighted by molar-refractivity contribution is 0.0959. The van der Waals surface area contributed by atoms with E-state index in [1.54, 1.807) is 11.0 Å². The summed E-state index contributed by atoms with van der Waals surface area (Å²) in [6, 6.07) is 11.3. The highest BCUT2D eigenvalue weighted by Crippen LogP contribution is 2.35. The van der Waals surface area contributed by atoms with Crippen molar-refractivity contribution < 1.29 is 13.9 Å². The number of thiazole rings is 1. The lowest BCUT2D eigenvalue weighted by Crippen LogP contribution is -2.38. The molecule has 0 N–H and O–H groups in total. The normalized spacial score (nSPS) is 11.6. The van der Waals surface area contributed by atoms with Gasteiger partial charge in [0.05, 0.1) is 16.8 Å². The number of rotatable bonds is 9. The molecule has 33 heavy (non-hydrogen) atoms. The van der Waals surface area contributed by atoms with Crippen LogP contribution in [-0.2, 0) is 0 Å². The van der Waals surface area contributed by atoms with E-state index < -0.39 is 0 Å². The molecular weight excluding hydrogens is 458 g/mol. The summed E-state index contributed by atoms with van der Waals surface area (Å²) in [5.74, 6) is 0.684. The summed E-state index contributed by atoms with van der Waals surface area (Å²) in [6.07, 6.45) is 0. The molecule has 174 valence electrons. The second kappa shape index (κ2) is 10.1. The first-order chi connectivity index (χ1) is 16.0. The Morgan fingerprint density at radius 1 is 1.15 bits per heavy atom. The molecule has 2 aromatic heterocycles. The van der Waals surface area contributed by atoms with Crippen molar-refractivity contribution in [3.8, 4) is 5.75 Å². The van der Waals surface area contributed by atoms with E-state index in [1.807, 2.05) is 44.2 Å².